The average Bonchev–Trinajstić information content (AvgIpc) is 3.22. The Labute approximate surface area is 130 Å². The number of carbonyl (C=O) groups excluding carboxylic acids is 2. The first kappa shape index (κ1) is 14.4. The predicted octanol–water partition coefficient (Wildman–Crippen LogP) is -0.506. The van der Waals surface area contributed by atoms with E-state index in [1.807, 2.05) is 0 Å². The van der Waals surface area contributed by atoms with E-state index in [1.54, 1.807) is 30.3 Å². The van der Waals surface area contributed by atoms with Crippen LogP contribution in [-0.4, -0.2) is 41.6 Å². The lowest BCUT2D eigenvalue weighted by molar-refractivity contribution is -0.127. The van der Waals surface area contributed by atoms with E-state index in [0.29, 0.717) is 5.56 Å². The lowest BCUT2D eigenvalue weighted by Crippen LogP contribution is -2.37. The van der Waals surface area contributed by atoms with Crippen LogP contribution in [0.1, 0.15) is 11.5 Å². The molecule has 2 N–H and O–H groups in total. The Morgan fingerprint density at radius 3 is 1.65 bits per heavy atom. The van der Waals surface area contributed by atoms with Crippen LogP contribution in [0.5, 0.6) is 0 Å². The van der Waals surface area contributed by atoms with Crippen molar-refractivity contribution in [2.24, 2.45) is 0 Å². The SMILES string of the molecule is O=C(Nn1cnnc1)C(C(=O)Nn1cnnc1)c1ccccc1. The van der Waals surface area contributed by atoms with Crippen LogP contribution in [0.15, 0.2) is 55.6 Å². The lowest BCUT2D eigenvalue weighted by Gasteiger charge is -2.17. The van der Waals surface area contributed by atoms with E-state index in [4.69, 9.17) is 0 Å². The van der Waals surface area contributed by atoms with E-state index in [9.17, 15) is 9.59 Å². The number of rotatable bonds is 5. The molecule has 116 valence electrons. The molecule has 2 aromatic heterocycles. The Kier molecular flexibility index (Phi) is 4.05. The zero-order valence-electron chi connectivity index (χ0n) is 11.8. The first-order valence-electron chi connectivity index (χ1n) is 6.60. The normalized spacial score (nSPS) is 10.5. The number of aromatic nitrogens is 6. The van der Waals surface area contributed by atoms with Crippen molar-refractivity contribution >= 4 is 11.8 Å². The maximum Gasteiger partial charge on any atom is 0.256 e. The van der Waals surface area contributed by atoms with Gasteiger partial charge in [-0.2, -0.15) is 0 Å². The summed E-state index contributed by atoms with van der Waals surface area (Å²) in [5.41, 5.74) is 5.61. The molecule has 0 aliphatic heterocycles. The van der Waals surface area contributed by atoms with Crippen molar-refractivity contribution in [3.8, 4) is 0 Å². The summed E-state index contributed by atoms with van der Waals surface area (Å²) in [6.07, 6.45) is 5.27. The topological polar surface area (TPSA) is 120 Å². The molecule has 0 spiro atoms. The molecule has 3 aromatic rings. The molecule has 1 aromatic carbocycles. The summed E-state index contributed by atoms with van der Waals surface area (Å²) in [7, 11) is 0. The van der Waals surface area contributed by atoms with Crippen molar-refractivity contribution in [1.29, 1.82) is 0 Å². The molecule has 0 unspecified atom stereocenters. The molecule has 0 saturated carbocycles. The number of hydrogen-bond donors (Lipinski definition) is 2. The monoisotopic (exact) mass is 312 g/mol. The highest BCUT2D eigenvalue weighted by molar-refractivity contribution is 6.11. The molecule has 10 nitrogen and oxygen atoms in total. The van der Waals surface area contributed by atoms with Crippen LogP contribution >= 0.6 is 0 Å². The summed E-state index contributed by atoms with van der Waals surface area (Å²) in [4.78, 5) is 25.0. The summed E-state index contributed by atoms with van der Waals surface area (Å²) >= 11 is 0. The fourth-order valence-corrected chi connectivity index (χ4v) is 1.97. The summed E-state index contributed by atoms with van der Waals surface area (Å²) < 4.78 is 2.54. The minimum absolute atomic E-state index is 0.526. The van der Waals surface area contributed by atoms with Gasteiger partial charge in [0.25, 0.3) is 11.8 Å². The quantitative estimate of drug-likeness (QED) is 0.613. The van der Waals surface area contributed by atoms with Gasteiger partial charge in [-0.15, -0.1) is 20.4 Å². The largest absolute Gasteiger partial charge is 0.272 e. The van der Waals surface area contributed by atoms with Gasteiger partial charge in [0.05, 0.1) is 0 Å². The van der Waals surface area contributed by atoms with Crippen molar-refractivity contribution in [3.05, 3.63) is 61.2 Å². The minimum Gasteiger partial charge on any atom is -0.272 e. The van der Waals surface area contributed by atoms with Crippen molar-refractivity contribution in [2.75, 3.05) is 10.9 Å². The number of benzene rings is 1. The molecule has 0 radical (unpaired) electrons. The van der Waals surface area contributed by atoms with Crippen LogP contribution in [0, 0.1) is 0 Å². The van der Waals surface area contributed by atoms with Gasteiger partial charge in [0, 0.05) is 0 Å². The summed E-state index contributed by atoms with van der Waals surface area (Å²) in [5.74, 6) is -2.12. The number of nitrogens with one attached hydrogen (secondary N) is 2. The standard InChI is InChI=1S/C13H12N8O2/c22-12(18-20-6-14-15-7-20)11(10-4-2-1-3-5-10)13(23)19-21-8-16-17-9-21/h1-9,11H,(H,18,22)(H,19,23). The van der Waals surface area contributed by atoms with E-state index in [-0.39, 0.29) is 0 Å². The van der Waals surface area contributed by atoms with Crippen molar-refractivity contribution < 1.29 is 9.59 Å². The highest BCUT2D eigenvalue weighted by atomic mass is 16.2. The summed E-state index contributed by atoms with van der Waals surface area (Å²) in [6.45, 7) is 0. The molecule has 0 aliphatic rings. The van der Waals surface area contributed by atoms with E-state index in [1.165, 1.54) is 34.7 Å². The van der Waals surface area contributed by atoms with Gasteiger partial charge in [0.15, 0.2) is 0 Å². The van der Waals surface area contributed by atoms with Gasteiger partial charge in [-0.25, -0.2) is 9.35 Å². The summed E-state index contributed by atoms with van der Waals surface area (Å²) in [5, 5.41) is 14.4. The molecule has 23 heavy (non-hydrogen) atoms. The molecule has 0 saturated heterocycles. The van der Waals surface area contributed by atoms with Gasteiger partial charge in [-0.3, -0.25) is 20.4 Å². The second-order valence-electron chi connectivity index (χ2n) is 4.53. The Bertz CT molecular complexity index is 721. The molecule has 3 rings (SSSR count). The fraction of sp³-hybridized carbons (Fsp3) is 0.0769. The fourth-order valence-electron chi connectivity index (χ4n) is 1.97. The van der Waals surface area contributed by atoms with Gasteiger partial charge in [0.1, 0.15) is 31.2 Å². The van der Waals surface area contributed by atoms with Crippen LogP contribution in [-0.2, 0) is 9.59 Å². The lowest BCUT2D eigenvalue weighted by atomic mass is 9.98. The van der Waals surface area contributed by atoms with Gasteiger partial charge < -0.3 is 0 Å². The van der Waals surface area contributed by atoms with Crippen molar-refractivity contribution in [1.82, 2.24) is 29.7 Å². The van der Waals surface area contributed by atoms with Crippen LogP contribution in [0.25, 0.3) is 0 Å². The molecular weight excluding hydrogens is 300 g/mol. The molecule has 0 bridgehead atoms. The Hall–Kier alpha value is -3.56. The van der Waals surface area contributed by atoms with Crippen LogP contribution in [0.2, 0.25) is 0 Å². The van der Waals surface area contributed by atoms with Crippen LogP contribution in [0.3, 0.4) is 0 Å². The third-order valence-electron chi connectivity index (χ3n) is 2.97. The second kappa shape index (κ2) is 6.47. The molecule has 0 atom stereocenters. The van der Waals surface area contributed by atoms with Gasteiger partial charge in [0.2, 0.25) is 0 Å². The second-order valence-corrected chi connectivity index (χ2v) is 4.53. The highest BCUT2D eigenvalue weighted by Gasteiger charge is 2.29. The molecule has 10 heteroatoms. The zero-order valence-corrected chi connectivity index (χ0v) is 11.8. The first-order valence-corrected chi connectivity index (χ1v) is 6.60. The van der Waals surface area contributed by atoms with Crippen molar-refractivity contribution in [3.63, 3.8) is 0 Å². The first-order chi connectivity index (χ1) is 11.2. The molecular formula is C13H12N8O2. The van der Waals surface area contributed by atoms with Crippen LogP contribution < -0.4 is 10.9 Å². The average molecular weight is 312 g/mol. The Morgan fingerprint density at radius 1 is 0.783 bits per heavy atom. The maximum absolute atomic E-state index is 12.5. The van der Waals surface area contributed by atoms with Gasteiger partial charge >= 0.3 is 0 Å². The van der Waals surface area contributed by atoms with Crippen LogP contribution in [0.4, 0.5) is 0 Å². The maximum atomic E-state index is 12.5. The number of amides is 2. The molecule has 0 aliphatic carbocycles. The number of hydrogen-bond acceptors (Lipinski definition) is 6. The van der Waals surface area contributed by atoms with E-state index < -0.39 is 17.7 Å². The third kappa shape index (κ3) is 3.37. The molecule has 2 heterocycles. The highest BCUT2D eigenvalue weighted by Crippen LogP contribution is 2.17. The summed E-state index contributed by atoms with van der Waals surface area (Å²) in [6, 6.07) is 8.70. The molecule has 0 fully saturated rings. The number of nitrogens with zero attached hydrogens (tertiary/aromatic N) is 6. The smallest absolute Gasteiger partial charge is 0.256 e. The zero-order chi connectivity index (χ0) is 16.1. The third-order valence-corrected chi connectivity index (χ3v) is 2.97. The van der Waals surface area contributed by atoms with Gasteiger partial charge in [-0.05, 0) is 5.56 Å². The Morgan fingerprint density at radius 2 is 1.22 bits per heavy atom. The minimum atomic E-state index is -1.07. The van der Waals surface area contributed by atoms with Gasteiger partial charge in [-0.1, -0.05) is 30.3 Å². The molecule has 2 amide bonds. The Balaban J connectivity index is 1.84. The van der Waals surface area contributed by atoms with Crippen molar-refractivity contribution in [2.45, 2.75) is 5.92 Å². The van der Waals surface area contributed by atoms with E-state index in [0.717, 1.165) is 0 Å². The predicted molar refractivity (Wildman–Crippen MR) is 78.0 cm³/mol. The van der Waals surface area contributed by atoms with E-state index >= 15 is 0 Å². The van der Waals surface area contributed by atoms with E-state index in [2.05, 4.69) is 31.2 Å². The number of carbonyl (C=O) groups is 2.